The van der Waals surface area contributed by atoms with Crippen molar-refractivity contribution in [2.45, 2.75) is 83.2 Å². The summed E-state index contributed by atoms with van der Waals surface area (Å²) in [7, 11) is -0.895. The molecule has 56 heavy (non-hydrogen) atoms. The molecule has 278 valence electrons. The maximum atomic E-state index is 6.46. The molecular weight excluding hydrogens is 688 g/mol. The Hall–Kier alpha value is -4.91. The number of nitrogens with zero attached hydrogens (tertiary/aromatic N) is 1. The lowest BCUT2D eigenvalue weighted by atomic mass is 9.70. The van der Waals surface area contributed by atoms with Crippen molar-refractivity contribution in [1.82, 2.24) is 0 Å². The van der Waals surface area contributed by atoms with Crippen molar-refractivity contribution in [2.24, 2.45) is 0 Å². The second kappa shape index (κ2) is 12.0. The molecule has 4 aliphatic rings. The molecule has 2 saturated heterocycles. The molecule has 5 nitrogen and oxygen atoms in total. The van der Waals surface area contributed by atoms with Gasteiger partial charge in [-0.15, -0.1) is 0 Å². The summed E-state index contributed by atoms with van der Waals surface area (Å²) in [5, 5.41) is 0. The molecular formula is C49H47B2NO4. The normalized spacial score (nSPS) is 19.8. The lowest BCUT2D eigenvalue weighted by Gasteiger charge is -2.32. The lowest BCUT2D eigenvalue weighted by molar-refractivity contribution is 0.00578. The van der Waals surface area contributed by atoms with Gasteiger partial charge in [0, 0.05) is 16.9 Å². The van der Waals surface area contributed by atoms with Crippen LogP contribution in [0.25, 0.3) is 22.3 Å². The Kier molecular flexibility index (Phi) is 7.64. The molecule has 0 saturated carbocycles. The van der Waals surface area contributed by atoms with Crippen LogP contribution in [-0.2, 0) is 24.0 Å². The molecule has 2 aliphatic heterocycles. The first-order valence-corrected chi connectivity index (χ1v) is 19.9. The van der Waals surface area contributed by atoms with Crippen LogP contribution >= 0.6 is 0 Å². The fourth-order valence-corrected chi connectivity index (χ4v) is 9.26. The van der Waals surface area contributed by atoms with Crippen LogP contribution in [0.2, 0.25) is 0 Å². The van der Waals surface area contributed by atoms with E-state index in [1.165, 1.54) is 44.5 Å². The summed E-state index contributed by atoms with van der Waals surface area (Å²) >= 11 is 0. The summed E-state index contributed by atoms with van der Waals surface area (Å²) in [5.74, 6) is 0. The van der Waals surface area contributed by atoms with E-state index in [9.17, 15) is 0 Å². The van der Waals surface area contributed by atoms with Crippen LogP contribution in [0.4, 0.5) is 17.1 Å². The van der Waals surface area contributed by atoms with E-state index < -0.39 is 42.1 Å². The Morgan fingerprint density at radius 2 is 0.732 bits per heavy atom. The summed E-state index contributed by atoms with van der Waals surface area (Å²) in [6.45, 7) is 16.8. The molecule has 7 heteroatoms. The first-order valence-electron chi connectivity index (χ1n) is 19.9. The molecule has 6 aromatic rings. The average Bonchev–Trinajstić information content (AvgIpc) is 3.81. The standard InChI is InChI=1S/C49H47B2NO4/c1-45(2)46(3,4)54-50(53-45)32-24-28-34(29-25-32)52(35-30-26-33(27-31-35)51-55-47(5,6)48(7,8)56-51)43-23-15-22-42-44(43)38-18-11-14-21-41(38)49(42)39-19-12-9-16-36(39)37-17-10-13-20-40(37)49/h9-31H,1-8H3. The van der Waals surface area contributed by atoms with Crippen LogP contribution in [0.5, 0.6) is 0 Å². The smallest absolute Gasteiger partial charge is 0.399 e. The van der Waals surface area contributed by atoms with E-state index in [1.807, 2.05) is 0 Å². The fraction of sp³-hybridized carbons (Fsp3) is 0.265. The number of benzene rings is 6. The van der Waals surface area contributed by atoms with Crippen molar-refractivity contribution < 1.29 is 18.6 Å². The second-order valence-corrected chi connectivity index (χ2v) is 17.8. The molecule has 0 N–H and O–H groups in total. The zero-order valence-electron chi connectivity index (χ0n) is 33.5. The molecule has 0 radical (unpaired) electrons. The molecule has 0 aromatic heterocycles. The first kappa shape index (κ1) is 35.5. The van der Waals surface area contributed by atoms with E-state index in [4.69, 9.17) is 18.6 Å². The average molecular weight is 736 g/mol. The van der Waals surface area contributed by atoms with Gasteiger partial charge in [-0.3, -0.25) is 0 Å². The van der Waals surface area contributed by atoms with E-state index >= 15 is 0 Å². The summed E-state index contributed by atoms with van der Waals surface area (Å²) in [6.07, 6.45) is 0. The molecule has 0 unspecified atom stereocenters. The third kappa shape index (κ3) is 4.91. The maximum Gasteiger partial charge on any atom is 0.494 e. The lowest BCUT2D eigenvalue weighted by Crippen LogP contribution is -2.41. The van der Waals surface area contributed by atoms with Gasteiger partial charge >= 0.3 is 14.2 Å². The van der Waals surface area contributed by atoms with E-state index in [0.717, 1.165) is 28.0 Å². The molecule has 1 spiro atoms. The molecule has 2 fully saturated rings. The van der Waals surface area contributed by atoms with Crippen molar-refractivity contribution in [3.63, 3.8) is 0 Å². The van der Waals surface area contributed by atoms with Crippen LogP contribution in [0, 0.1) is 0 Å². The minimum atomic E-state index is -0.447. The van der Waals surface area contributed by atoms with Gasteiger partial charge in [-0.25, -0.2) is 0 Å². The topological polar surface area (TPSA) is 40.2 Å². The van der Waals surface area contributed by atoms with Crippen LogP contribution < -0.4 is 15.8 Å². The van der Waals surface area contributed by atoms with Crippen LogP contribution in [0.3, 0.4) is 0 Å². The first-order chi connectivity index (χ1) is 26.7. The number of hydrogen-bond donors (Lipinski definition) is 0. The van der Waals surface area contributed by atoms with Gasteiger partial charge < -0.3 is 23.5 Å². The van der Waals surface area contributed by atoms with E-state index in [-0.39, 0.29) is 0 Å². The number of anilines is 3. The van der Waals surface area contributed by atoms with E-state index in [2.05, 4.69) is 200 Å². The van der Waals surface area contributed by atoms with Gasteiger partial charge in [0.1, 0.15) is 0 Å². The number of fused-ring (bicyclic) bond motifs is 10. The molecule has 0 atom stereocenters. The quantitative estimate of drug-likeness (QED) is 0.165. The Labute approximate surface area is 331 Å². The third-order valence-corrected chi connectivity index (χ3v) is 13.6. The third-order valence-electron chi connectivity index (χ3n) is 13.6. The Morgan fingerprint density at radius 1 is 0.375 bits per heavy atom. The Morgan fingerprint density at radius 3 is 1.16 bits per heavy atom. The Balaban J connectivity index is 1.15. The van der Waals surface area contributed by atoms with Gasteiger partial charge in [0.15, 0.2) is 0 Å². The highest BCUT2D eigenvalue weighted by molar-refractivity contribution is 6.62. The van der Waals surface area contributed by atoms with Gasteiger partial charge in [-0.05, 0) is 136 Å². The predicted octanol–water partition coefficient (Wildman–Crippen LogP) is 10.1. The zero-order chi connectivity index (χ0) is 38.8. The zero-order valence-corrected chi connectivity index (χ0v) is 33.5. The number of rotatable bonds is 5. The van der Waals surface area contributed by atoms with Crippen molar-refractivity contribution in [3.8, 4) is 22.3 Å². The van der Waals surface area contributed by atoms with Gasteiger partial charge in [0.2, 0.25) is 0 Å². The molecule has 2 heterocycles. The summed E-state index contributed by atoms with van der Waals surface area (Å²) in [6, 6.07) is 51.1. The highest BCUT2D eigenvalue weighted by atomic mass is 16.7. The predicted molar refractivity (Wildman–Crippen MR) is 229 cm³/mol. The Bertz CT molecular complexity index is 2370. The summed E-state index contributed by atoms with van der Waals surface area (Å²) in [5.41, 5.74) is 13.4. The van der Waals surface area contributed by atoms with E-state index in [1.54, 1.807) is 0 Å². The highest BCUT2D eigenvalue weighted by Crippen LogP contribution is 2.64. The molecule has 0 bridgehead atoms. The van der Waals surface area contributed by atoms with Crippen LogP contribution in [0.1, 0.15) is 77.6 Å². The molecule has 10 rings (SSSR count). The number of hydrogen-bond acceptors (Lipinski definition) is 5. The monoisotopic (exact) mass is 735 g/mol. The fourth-order valence-electron chi connectivity index (χ4n) is 9.26. The van der Waals surface area contributed by atoms with Gasteiger partial charge in [-0.1, -0.05) is 109 Å². The van der Waals surface area contributed by atoms with Crippen molar-refractivity contribution >= 4 is 42.2 Å². The summed E-state index contributed by atoms with van der Waals surface area (Å²) in [4.78, 5) is 2.39. The largest absolute Gasteiger partial charge is 0.494 e. The summed E-state index contributed by atoms with van der Waals surface area (Å²) < 4.78 is 25.8. The molecule has 2 aliphatic carbocycles. The molecule has 0 amide bonds. The van der Waals surface area contributed by atoms with E-state index in [0.29, 0.717) is 0 Å². The van der Waals surface area contributed by atoms with Crippen molar-refractivity contribution in [3.05, 3.63) is 162 Å². The second-order valence-electron chi connectivity index (χ2n) is 17.8. The van der Waals surface area contributed by atoms with Gasteiger partial charge in [-0.2, -0.15) is 0 Å². The van der Waals surface area contributed by atoms with Gasteiger partial charge in [0.25, 0.3) is 0 Å². The van der Waals surface area contributed by atoms with Crippen LogP contribution in [-0.4, -0.2) is 36.6 Å². The van der Waals surface area contributed by atoms with Gasteiger partial charge in [0.05, 0.1) is 33.5 Å². The molecule has 6 aromatic carbocycles. The van der Waals surface area contributed by atoms with Crippen molar-refractivity contribution in [1.29, 1.82) is 0 Å². The van der Waals surface area contributed by atoms with Crippen molar-refractivity contribution in [2.75, 3.05) is 4.90 Å². The maximum absolute atomic E-state index is 6.46. The van der Waals surface area contributed by atoms with Crippen LogP contribution in [0.15, 0.2) is 140 Å². The minimum Gasteiger partial charge on any atom is -0.399 e. The SMILES string of the molecule is CC1(C)OB(c2ccc(N(c3ccc(B4OC(C)(C)C(C)(C)O4)cc3)c3cccc4c3-c3ccccc3C43c4ccccc4-c4ccccc43)cc2)OC1(C)C. The minimum absolute atomic E-state index is 0.424. The highest BCUT2D eigenvalue weighted by Gasteiger charge is 2.54.